The molecule has 0 aliphatic carbocycles. The molecule has 5 nitrogen and oxygen atoms in total. The summed E-state index contributed by atoms with van der Waals surface area (Å²) in [4.78, 5) is 4.66. The van der Waals surface area contributed by atoms with Gasteiger partial charge in [0.2, 0.25) is 0 Å². The third-order valence-electron chi connectivity index (χ3n) is 4.04. The summed E-state index contributed by atoms with van der Waals surface area (Å²) in [7, 11) is 1.52. The van der Waals surface area contributed by atoms with Crippen LogP contribution >= 0.6 is 0 Å². The molecule has 0 aliphatic heterocycles. The van der Waals surface area contributed by atoms with Crippen LogP contribution in [0.5, 0.6) is 17.2 Å². The van der Waals surface area contributed by atoms with Gasteiger partial charge in [-0.2, -0.15) is 0 Å². The number of rotatable bonds is 11. The Labute approximate surface area is 173 Å². The van der Waals surface area contributed by atoms with E-state index in [-0.39, 0.29) is 0 Å². The van der Waals surface area contributed by atoms with Crippen LogP contribution in [-0.4, -0.2) is 33.1 Å². The minimum atomic E-state index is 0.477. The molecule has 29 heavy (non-hydrogen) atoms. The number of aryl methyl sites for hydroxylation is 2. The molecule has 0 N–H and O–H groups in total. The standard InChI is InChI=1S/C24H29NO4/c1-5-6-13-28-23-16-19(2)24(20(3)17-23)29-15-8-7-14-27-22-11-9-21(10-12-22)18-25-26-4/h5-12,16-18H,13-15H2,1-4H3/b6-5+,8-7+,25-18+. The van der Waals surface area contributed by atoms with Gasteiger partial charge in [0.05, 0.1) is 6.21 Å². The van der Waals surface area contributed by atoms with Crippen molar-refractivity contribution >= 4 is 6.21 Å². The number of ether oxygens (including phenoxy) is 3. The zero-order chi connectivity index (χ0) is 20.9. The highest BCUT2D eigenvalue weighted by atomic mass is 16.6. The molecule has 0 aliphatic rings. The van der Waals surface area contributed by atoms with Crippen LogP contribution in [0.2, 0.25) is 0 Å². The third kappa shape index (κ3) is 7.74. The number of oxime groups is 1. The van der Waals surface area contributed by atoms with Crippen LogP contribution in [0.15, 0.2) is 65.9 Å². The van der Waals surface area contributed by atoms with E-state index in [1.54, 1.807) is 6.21 Å². The molecule has 0 aromatic heterocycles. The predicted octanol–water partition coefficient (Wildman–Crippen LogP) is 5.25. The average molecular weight is 395 g/mol. The summed E-state index contributed by atoms with van der Waals surface area (Å²) in [5.41, 5.74) is 3.07. The number of nitrogens with zero attached hydrogens (tertiary/aromatic N) is 1. The second-order valence-electron chi connectivity index (χ2n) is 6.35. The molecule has 0 saturated heterocycles. The van der Waals surface area contributed by atoms with Crippen LogP contribution in [0.3, 0.4) is 0 Å². The Bertz CT molecular complexity index is 815. The molecule has 0 saturated carbocycles. The predicted molar refractivity (Wildman–Crippen MR) is 117 cm³/mol. The fourth-order valence-electron chi connectivity index (χ4n) is 2.64. The number of benzene rings is 2. The summed E-state index contributed by atoms with van der Waals surface area (Å²) in [5.74, 6) is 2.54. The first-order valence-electron chi connectivity index (χ1n) is 9.56. The van der Waals surface area contributed by atoms with Crippen molar-refractivity contribution in [3.8, 4) is 17.2 Å². The van der Waals surface area contributed by atoms with E-state index in [2.05, 4.69) is 9.99 Å². The Morgan fingerprint density at radius 1 is 0.793 bits per heavy atom. The zero-order valence-electron chi connectivity index (χ0n) is 17.6. The summed E-state index contributed by atoms with van der Waals surface area (Å²) in [6.45, 7) is 7.56. The van der Waals surface area contributed by atoms with Crippen molar-refractivity contribution in [3.05, 3.63) is 77.4 Å². The van der Waals surface area contributed by atoms with Gasteiger partial charge in [0.25, 0.3) is 0 Å². The lowest BCUT2D eigenvalue weighted by Gasteiger charge is -2.13. The molecule has 0 radical (unpaired) electrons. The summed E-state index contributed by atoms with van der Waals surface area (Å²) < 4.78 is 17.3. The van der Waals surface area contributed by atoms with E-state index in [4.69, 9.17) is 14.2 Å². The highest BCUT2D eigenvalue weighted by Crippen LogP contribution is 2.28. The van der Waals surface area contributed by atoms with Crippen LogP contribution in [0.4, 0.5) is 0 Å². The molecule has 5 heteroatoms. The van der Waals surface area contributed by atoms with Gasteiger partial charge >= 0.3 is 0 Å². The Morgan fingerprint density at radius 2 is 1.38 bits per heavy atom. The molecule has 2 aromatic rings. The van der Waals surface area contributed by atoms with E-state index in [0.29, 0.717) is 19.8 Å². The van der Waals surface area contributed by atoms with Crippen molar-refractivity contribution in [2.24, 2.45) is 5.16 Å². The maximum Gasteiger partial charge on any atom is 0.125 e. The number of hydrogen-bond acceptors (Lipinski definition) is 5. The van der Waals surface area contributed by atoms with E-state index >= 15 is 0 Å². The summed E-state index contributed by atoms with van der Waals surface area (Å²) in [5, 5.41) is 3.73. The molecule has 0 spiro atoms. The molecule has 2 aromatic carbocycles. The third-order valence-corrected chi connectivity index (χ3v) is 4.04. The maximum absolute atomic E-state index is 5.92. The minimum absolute atomic E-state index is 0.477. The Kier molecular flexibility index (Phi) is 9.36. The maximum atomic E-state index is 5.92. The quantitative estimate of drug-likeness (QED) is 0.296. The fraction of sp³-hybridized carbons (Fsp3) is 0.292. The second-order valence-corrected chi connectivity index (χ2v) is 6.35. The van der Waals surface area contributed by atoms with Crippen molar-refractivity contribution in [1.82, 2.24) is 0 Å². The largest absolute Gasteiger partial charge is 0.490 e. The van der Waals surface area contributed by atoms with Crippen LogP contribution in [0, 0.1) is 13.8 Å². The van der Waals surface area contributed by atoms with E-state index in [9.17, 15) is 0 Å². The topological polar surface area (TPSA) is 49.3 Å². The van der Waals surface area contributed by atoms with Gasteiger partial charge in [-0.3, -0.25) is 0 Å². The van der Waals surface area contributed by atoms with Crippen molar-refractivity contribution in [2.45, 2.75) is 20.8 Å². The molecule has 0 unspecified atom stereocenters. The van der Waals surface area contributed by atoms with Gasteiger partial charge < -0.3 is 19.0 Å². The zero-order valence-corrected chi connectivity index (χ0v) is 17.6. The summed E-state index contributed by atoms with van der Waals surface area (Å²) in [6.07, 6.45) is 9.49. The molecule has 2 rings (SSSR count). The molecule has 0 amide bonds. The van der Waals surface area contributed by atoms with Crippen molar-refractivity contribution in [2.75, 3.05) is 26.9 Å². The van der Waals surface area contributed by atoms with Crippen molar-refractivity contribution in [1.29, 1.82) is 0 Å². The molecule has 0 heterocycles. The van der Waals surface area contributed by atoms with Crippen LogP contribution in [0.1, 0.15) is 23.6 Å². The molecule has 0 fully saturated rings. The SMILES string of the molecule is C/C=C/COc1cc(C)c(OC/C=C/COc2ccc(/C=N/OC)cc2)c(C)c1. The van der Waals surface area contributed by atoms with Gasteiger partial charge in [0, 0.05) is 0 Å². The minimum Gasteiger partial charge on any atom is -0.490 e. The highest BCUT2D eigenvalue weighted by molar-refractivity contribution is 5.79. The van der Waals surface area contributed by atoms with Gasteiger partial charge in [-0.1, -0.05) is 17.3 Å². The lowest BCUT2D eigenvalue weighted by Crippen LogP contribution is -2.01. The molecule has 0 atom stereocenters. The molecule has 154 valence electrons. The van der Waals surface area contributed by atoms with E-state index in [1.165, 1.54) is 7.11 Å². The Hall–Kier alpha value is -3.21. The fourth-order valence-corrected chi connectivity index (χ4v) is 2.64. The Morgan fingerprint density at radius 3 is 2.00 bits per heavy atom. The van der Waals surface area contributed by atoms with Crippen LogP contribution in [0.25, 0.3) is 0 Å². The van der Waals surface area contributed by atoms with Gasteiger partial charge in [0.1, 0.15) is 44.2 Å². The van der Waals surface area contributed by atoms with Crippen LogP contribution in [-0.2, 0) is 4.84 Å². The number of hydrogen-bond donors (Lipinski definition) is 0. The highest BCUT2D eigenvalue weighted by Gasteiger charge is 2.06. The normalized spacial score (nSPS) is 11.4. The van der Waals surface area contributed by atoms with Gasteiger partial charge in [-0.15, -0.1) is 0 Å². The first-order chi connectivity index (χ1) is 14.1. The Balaban J connectivity index is 1.77. The summed E-state index contributed by atoms with van der Waals surface area (Å²) >= 11 is 0. The first-order valence-corrected chi connectivity index (χ1v) is 9.56. The molecular formula is C24H29NO4. The van der Waals surface area contributed by atoms with E-state index in [0.717, 1.165) is 33.9 Å². The monoisotopic (exact) mass is 395 g/mol. The van der Waals surface area contributed by atoms with E-state index < -0.39 is 0 Å². The van der Waals surface area contributed by atoms with E-state index in [1.807, 2.05) is 81.5 Å². The lowest BCUT2D eigenvalue weighted by atomic mass is 10.1. The molecule has 0 bridgehead atoms. The second kappa shape index (κ2) is 12.3. The van der Waals surface area contributed by atoms with Gasteiger partial charge in [-0.05, 0) is 86.0 Å². The first kappa shape index (κ1) is 22.1. The van der Waals surface area contributed by atoms with Gasteiger partial charge in [0.15, 0.2) is 0 Å². The molecular weight excluding hydrogens is 366 g/mol. The van der Waals surface area contributed by atoms with Crippen molar-refractivity contribution in [3.63, 3.8) is 0 Å². The average Bonchev–Trinajstić information content (AvgIpc) is 2.71. The summed E-state index contributed by atoms with van der Waals surface area (Å²) in [6, 6.07) is 11.6. The smallest absolute Gasteiger partial charge is 0.125 e. The lowest BCUT2D eigenvalue weighted by molar-refractivity contribution is 0.215. The van der Waals surface area contributed by atoms with Crippen LogP contribution < -0.4 is 14.2 Å². The van der Waals surface area contributed by atoms with Crippen molar-refractivity contribution < 1.29 is 19.0 Å². The van der Waals surface area contributed by atoms with Gasteiger partial charge in [-0.25, -0.2) is 0 Å². The number of allylic oxidation sites excluding steroid dienone is 1.